The van der Waals surface area contributed by atoms with Crippen molar-refractivity contribution in [2.75, 3.05) is 0 Å². The maximum Gasteiger partial charge on any atom is 0.160 e. The van der Waals surface area contributed by atoms with Gasteiger partial charge in [-0.25, -0.2) is 9.97 Å². The van der Waals surface area contributed by atoms with E-state index in [0.717, 1.165) is 50.3 Å². The van der Waals surface area contributed by atoms with Gasteiger partial charge in [0.15, 0.2) is 5.82 Å². The van der Waals surface area contributed by atoms with Gasteiger partial charge in [-0.05, 0) is 91.0 Å². The van der Waals surface area contributed by atoms with Crippen LogP contribution >= 0.6 is 11.8 Å². The summed E-state index contributed by atoms with van der Waals surface area (Å²) in [7, 11) is 0. The number of benzene rings is 9. The van der Waals surface area contributed by atoms with Crippen molar-refractivity contribution in [3.63, 3.8) is 0 Å². The van der Waals surface area contributed by atoms with E-state index < -0.39 is 5.41 Å². The number of nitrogens with zero attached hydrogens (tertiary/aromatic N) is 2. The molecule has 0 amide bonds. The molecule has 1 aromatic heterocycles. The second-order valence-electron chi connectivity index (χ2n) is 16.0. The summed E-state index contributed by atoms with van der Waals surface area (Å²) in [5.74, 6) is 0.687. The summed E-state index contributed by atoms with van der Waals surface area (Å²) in [5.41, 5.74) is 19.2. The van der Waals surface area contributed by atoms with Crippen LogP contribution < -0.4 is 0 Å². The van der Waals surface area contributed by atoms with Crippen molar-refractivity contribution in [3.05, 3.63) is 253 Å². The highest BCUT2D eigenvalue weighted by Crippen LogP contribution is 2.63. The first kappa shape index (κ1) is 36.3. The van der Waals surface area contributed by atoms with Gasteiger partial charge in [-0.1, -0.05) is 218 Å². The number of hydrogen-bond donors (Lipinski definition) is 0. The van der Waals surface area contributed by atoms with Gasteiger partial charge in [-0.15, -0.1) is 0 Å². The lowest BCUT2D eigenvalue weighted by atomic mass is 9.67. The van der Waals surface area contributed by atoms with Crippen molar-refractivity contribution >= 4 is 11.8 Å². The van der Waals surface area contributed by atoms with Gasteiger partial charge < -0.3 is 0 Å². The number of fused-ring (bicyclic) bond motifs is 9. The van der Waals surface area contributed by atoms with E-state index in [1.54, 1.807) is 0 Å². The first-order valence-electron chi connectivity index (χ1n) is 21.1. The standard InChI is InChI=1S/C59H38N2S/c1-3-18-39(19-4-1)41-22-15-24-43(36-41)54-38-55(61-58(60-54)44-25-16-23-42(37-44)40-20-5-2-6-21-40)48-29-8-7-26-45(48)49-30-17-34-53-57(49)62-56-35-14-13-33-52(56)59(53)50-31-11-9-27-46(50)47-28-10-12-32-51(47)59/h1-38H. The number of hydrogen-bond acceptors (Lipinski definition) is 3. The number of aromatic nitrogens is 2. The summed E-state index contributed by atoms with van der Waals surface area (Å²) in [6.07, 6.45) is 0. The smallest absolute Gasteiger partial charge is 0.160 e. The van der Waals surface area contributed by atoms with Gasteiger partial charge in [-0.2, -0.15) is 0 Å². The predicted molar refractivity (Wildman–Crippen MR) is 256 cm³/mol. The second kappa shape index (κ2) is 14.8. The van der Waals surface area contributed by atoms with E-state index in [1.165, 1.54) is 54.3 Å². The van der Waals surface area contributed by atoms with Crippen LogP contribution in [0.1, 0.15) is 22.3 Å². The van der Waals surface area contributed by atoms with Gasteiger partial charge in [0, 0.05) is 26.5 Å². The predicted octanol–water partition coefficient (Wildman–Crippen LogP) is 15.3. The Morgan fingerprint density at radius 3 is 1.42 bits per heavy atom. The molecule has 2 aliphatic rings. The fraction of sp³-hybridized carbons (Fsp3) is 0.0169. The molecule has 1 spiro atoms. The fourth-order valence-corrected chi connectivity index (χ4v) is 11.2. The van der Waals surface area contributed by atoms with Crippen LogP contribution in [0.4, 0.5) is 0 Å². The highest BCUT2D eigenvalue weighted by atomic mass is 32.2. The molecular formula is C59H38N2S. The van der Waals surface area contributed by atoms with Crippen molar-refractivity contribution in [1.82, 2.24) is 9.97 Å². The van der Waals surface area contributed by atoms with Crippen LogP contribution in [0.2, 0.25) is 0 Å². The van der Waals surface area contributed by atoms with Gasteiger partial charge in [-0.3, -0.25) is 0 Å². The minimum absolute atomic E-state index is 0.460. The Bertz CT molecular complexity index is 3190. The average molecular weight is 807 g/mol. The van der Waals surface area contributed by atoms with Crippen LogP contribution in [-0.2, 0) is 5.41 Å². The van der Waals surface area contributed by atoms with E-state index in [0.29, 0.717) is 5.82 Å². The van der Waals surface area contributed by atoms with Crippen LogP contribution in [0.25, 0.3) is 78.4 Å². The van der Waals surface area contributed by atoms with Crippen molar-refractivity contribution in [2.24, 2.45) is 0 Å². The zero-order valence-electron chi connectivity index (χ0n) is 33.7. The summed E-state index contributed by atoms with van der Waals surface area (Å²) in [6.45, 7) is 0. The molecule has 290 valence electrons. The van der Waals surface area contributed by atoms with E-state index in [4.69, 9.17) is 9.97 Å². The molecule has 10 aromatic rings. The third-order valence-electron chi connectivity index (χ3n) is 12.6. The largest absolute Gasteiger partial charge is 0.228 e. The van der Waals surface area contributed by atoms with Crippen molar-refractivity contribution < 1.29 is 0 Å². The maximum atomic E-state index is 5.46. The summed E-state index contributed by atoms with van der Waals surface area (Å²) in [5, 5.41) is 0. The molecule has 0 unspecified atom stereocenters. The second-order valence-corrected chi connectivity index (χ2v) is 17.1. The number of rotatable bonds is 6. The Labute approximate surface area is 366 Å². The van der Waals surface area contributed by atoms with Gasteiger partial charge in [0.2, 0.25) is 0 Å². The average Bonchev–Trinajstić information content (AvgIpc) is 3.65. The van der Waals surface area contributed by atoms with E-state index in [2.05, 4.69) is 231 Å². The molecule has 0 N–H and O–H groups in total. The molecule has 0 atom stereocenters. The van der Waals surface area contributed by atoms with Gasteiger partial charge in [0.05, 0.1) is 16.8 Å². The third kappa shape index (κ3) is 5.81. The SMILES string of the molecule is c1ccc(-c2cccc(-c3cc(-c4ccccc4-c4cccc5c4Sc4ccccc4C54c5ccccc5-c5ccccc54)nc(-c4cccc(-c5ccccc5)c4)n3)c2)cc1. The minimum atomic E-state index is -0.460. The summed E-state index contributed by atoms with van der Waals surface area (Å²) in [6, 6.07) is 83.3. The molecule has 1 aliphatic heterocycles. The van der Waals surface area contributed by atoms with E-state index in [1.807, 2.05) is 11.8 Å². The van der Waals surface area contributed by atoms with Crippen molar-refractivity contribution in [2.45, 2.75) is 15.2 Å². The molecule has 2 nitrogen and oxygen atoms in total. The molecule has 2 heterocycles. The normalized spacial score (nSPS) is 12.9. The molecule has 1 aliphatic carbocycles. The first-order valence-corrected chi connectivity index (χ1v) is 22.0. The molecule has 12 rings (SSSR count). The Hall–Kier alpha value is -7.59. The molecule has 62 heavy (non-hydrogen) atoms. The van der Waals surface area contributed by atoms with Crippen LogP contribution in [-0.4, -0.2) is 9.97 Å². The first-order chi connectivity index (χ1) is 30.7. The van der Waals surface area contributed by atoms with Crippen LogP contribution in [0, 0.1) is 0 Å². The fourth-order valence-electron chi connectivity index (χ4n) is 9.85. The quantitative estimate of drug-likeness (QED) is 0.167. The molecule has 3 heteroatoms. The van der Waals surface area contributed by atoms with Crippen LogP contribution in [0.3, 0.4) is 0 Å². The van der Waals surface area contributed by atoms with E-state index in [-0.39, 0.29) is 0 Å². The lowest BCUT2D eigenvalue weighted by molar-refractivity contribution is 0.723. The Kier molecular flexibility index (Phi) is 8.69. The topological polar surface area (TPSA) is 25.8 Å². The van der Waals surface area contributed by atoms with Crippen molar-refractivity contribution in [1.29, 1.82) is 0 Å². The molecule has 9 aromatic carbocycles. The van der Waals surface area contributed by atoms with Crippen molar-refractivity contribution in [3.8, 4) is 78.4 Å². The Balaban J connectivity index is 1.08. The highest BCUT2D eigenvalue weighted by molar-refractivity contribution is 7.99. The summed E-state index contributed by atoms with van der Waals surface area (Å²) in [4.78, 5) is 13.4. The zero-order valence-corrected chi connectivity index (χ0v) is 34.6. The summed E-state index contributed by atoms with van der Waals surface area (Å²) < 4.78 is 0. The van der Waals surface area contributed by atoms with Crippen LogP contribution in [0.5, 0.6) is 0 Å². The monoisotopic (exact) mass is 806 g/mol. The third-order valence-corrected chi connectivity index (χ3v) is 13.8. The molecule has 0 saturated carbocycles. The Morgan fingerprint density at radius 1 is 0.290 bits per heavy atom. The van der Waals surface area contributed by atoms with Gasteiger partial charge in [0.25, 0.3) is 0 Å². The molecule has 0 saturated heterocycles. The lowest BCUT2D eigenvalue weighted by Gasteiger charge is -2.40. The van der Waals surface area contributed by atoms with Gasteiger partial charge in [0.1, 0.15) is 0 Å². The lowest BCUT2D eigenvalue weighted by Crippen LogP contribution is -2.32. The molecule has 0 bridgehead atoms. The molecular weight excluding hydrogens is 769 g/mol. The minimum Gasteiger partial charge on any atom is -0.228 e. The van der Waals surface area contributed by atoms with E-state index >= 15 is 0 Å². The maximum absolute atomic E-state index is 5.46. The Morgan fingerprint density at radius 2 is 0.742 bits per heavy atom. The molecule has 0 fully saturated rings. The highest BCUT2D eigenvalue weighted by Gasteiger charge is 2.50. The van der Waals surface area contributed by atoms with Gasteiger partial charge >= 0.3 is 0 Å². The van der Waals surface area contributed by atoms with E-state index in [9.17, 15) is 0 Å². The summed E-state index contributed by atoms with van der Waals surface area (Å²) >= 11 is 1.88. The van der Waals surface area contributed by atoms with Crippen LogP contribution in [0.15, 0.2) is 240 Å². The zero-order chi connectivity index (χ0) is 41.0. The molecule has 0 radical (unpaired) electrons.